The topological polar surface area (TPSA) is 58.6 Å². The maximum Gasteiger partial charge on any atom is 0.323 e. The first-order valence-corrected chi connectivity index (χ1v) is 8.69. The number of hydrogen-bond acceptors (Lipinski definition) is 4. The Labute approximate surface area is 148 Å². The van der Waals surface area contributed by atoms with Gasteiger partial charge in [0.05, 0.1) is 19.7 Å². The molecule has 132 valence electrons. The molecule has 2 aromatic rings. The molecule has 1 saturated heterocycles. The van der Waals surface area contributed by atoms with Crippen molar-refractivity contribution in [2.45, 2.75) is 31.8 Å². The summed E-state index contributed by atoms with van der Waals surface area (Å²) in [5.74, 6) is -0.330. The second-order valence-electron chi connectivity index (χ2n) is 6.51. The Morgan fingerprint density at radius 1 is 1.24 bits per heavy atom. The fourth-order valence-corrected chi connectivity index (χ4v) is 3.60. The summed E-state index contributed by atoms with van der Waals surface area (Å²) in [5.41, 5.74) is 1.09. The maximum atomic E-state index is 12.5. The highest BCUT2D eigenvalue weighted by Crippen LogP contribution is 2.24. The summed E-state index contributed by atoms with van der Waals surface area (Å²) >= 11 is 0. The van der Waals surface area contributed by atoms with Crippen LogP contribution < -0.4 is 5.32 Å². The summed E-state index contributed by atoms with van der Waals surface area (Å²) in [6, 6.07) is 13.9. The minimum atomic E-state index is -0.302. The van der Waals surface area contributed by atoms with Crippen LogP contribution in [0, 0.1) is 0 Å². The second kappa shape index (κ2) is 7.66. The number of methoxy groups -OCH3 is 1. The third kappa shape index (κ3) is 3.82. The monoisotopic (exact) mass is 340 g/mol. The van der Waals surface area contributed by atoms with Gasteiger partial charge in [0.2, 0.25) is 5.91 Å². The van der Waals surface area contributed by atoms with Crippen LogP contribution in [0.3, 0.4) is 0 Å². The molecule has 0 spiro atoms. The van der Waals surface area contributed by atoms with Crippen LogP contribution in [0.25, 0.3) is 10.8 Å². The van der Waals surface area contributed by atoms with Gasteiger partial charge in [0.25, 0.3) is 0 Å². The molecule has 1 aliphatic rings. The highest BCUT2D eigenvalue weighted by atomic mass is 16.5. The zero-order valence-corrected chi connectivity index (χ0v) is 14.7. The number of rotatable bonds is 5. The third-order valence-corrected chi connectivity index (χ3v) is 4.85. The standard InChI is InChI=1S/C20H24N2O3/c1-14(16-10-5-8-15-7-3-4-9-17(15)16)21-19(23)13-22-12-6-11-18(22)20(24)25-2/h3-5,7-10,14,18H,6,11-13H2,1-2H3,(H,21,23). The molecule has 0 radical (unpaired) electrons. The number of carbonyl (C=O) groups is 2. The summed E-state index contributed by atoms with van der Waals surface area (Å²) in [4.78, 5) is 26.2. The summed E-state index contributed by atoms with van der Waals surface area (Å²) in [7, 11) is 1.39. The highest BCUT2D eigenvalue weighted by molar-refractivity contribution is 5.87. The number of hydrogen-bond donors (Lipinski definition) is 1. The molecule has 5 heteroatoms. The number of carbonyl (C=O) groups excluding carboxylic acids is 2. The minimum Gasteiger partial charge on any atom is -0.468 e. The smallest absolute Gasteiger partial charge is 0.323 e. The molecule has 0 aromatic heterocycles. The second-order valence-corrected chi connectivity index (χ2v) is 6.51. The number of amides is 1. The summed E-state index contributed by atoms with van der Waals surface area (Å²) in [6.45, 7) is 2.95. The number of benzene rings is 2. The molecule has 1 N–H and O–H groups in total. The Kier molecular flexibility index (Phi) is 5.34. The number of nitrogens with zero attached hydrogens (tertiary/aromatic N) is 1. The predicted molar refractivity (Wildman–Crippen MR) is 97.1 cm³/mol. The molecule has 1 fully saturated rings. The Hall–Kier alpha value is -2.40. The molecule has 1 aliphatic heterocycles. The average Bonchev–Trinajstić information content (AvgIpc) is 3.08. The fourth-order valence-electron chi connectivity index (χ4n) is 3.60. The third-order valence-electron chi connectivity index (χ3n) is 4.85. The SMILES string of the molecule is COC(=O)C1CCCN1CC(=O)NC(C)c1cccc2ccccc12. The zero-order valence-electron chi connectivity index (χ0n) is 14.7. The molecule has 2 unspecified atom stereocenters. The van der Waals surface area contributed by atoms with Gasteiger partial charge >= 0.3 is 5.97 Å². The molecule has 1 heterocycles. The first-order valence-electron chi connectivity index (χ1n) is 8.69. The van der Waals surface area contributed by atoms with Gasteiger partial charge in [-0.15, -0.1) is 0 Å². The lowest BCUT2D eigenvalue weighted by molar-refractivity contribution is -0.146. The van der Waals surface area contributed by atoms with Crippen molar-refractivity contribution < 1.29 is 14.3 Å². The van der Waals surface area contributed by atoms with E-state index in [4.69, 9.17) is 4.74 Å². The van der Waals surface area contributed by atoms with E-state index in [1.807, 2.05) is 36.1 Å². The van der Waals surface area contributed by atoms with E-state index < -0.39 is 0 Å². The van der Waals surface area contributed by atoms with Crippen molar-refractivity contribution in [2.24, 2.45) is 0 Å². The van der Waals surface area contributed by atoms with E-state index >= 15 is 0 Å². The molecular weight excluding hydrogens is 316 g/mol. The average molecular weight is 340 g/mol. The quantitative estimate of drug-likeness (QED) is 0.850. The van der Waals surface area contributed by atoms with Crippen LogP contribution in [-0.4, -0.2) is 43.0 Å². The first-order chi connectivity index (χ1) is 12.1. The van der Waals surface area contributed by atoms with Crippen LogP contribution in [0.2, 0.25) is 0 Å². The van der Waals surface area contributed by atoms with E-state index in [1.54, 1.807) is 0 Å². The largest absolute Gasteiger partial charge is 0.468 e. The van der Waals surface area contributed by atoms with E-state index in [0.29, 0.717) is 0 Å². The molecule has 0 aliphatic carbocycles. The lowest BCUT2D eigenvalue weighted by atomic mass is 10.00. The van der Waals surface area contributed by atoms with Gasteiger partial charge in [-0.3, -0.25) is 14.5 Å². The molecule has 2 aromatic carbocycles. The van der Waals surface area contributed by atoms with Gasteiger partial charge in [0, 0.05) is 0 Å². The lowest BCUT2D eigenvalue weighted by Gasteiger charge is -2.23. The van der Waals surface area contributed by atoms with Crippen molar-refractivity contribution in [2.75, 3.05) is 20.2 Å². The van der Waals surface area contributed by atoms with Crippen LogP contribution in [0.4, 0.5) is 0 Å². The van der Waals surface area contributed by atoms with Crippen LogP contribution in [0.1, 0.15) is 31.4 Å². The lowest BCUT2D eigenvalue weighted by Crippen LogP contribution is -2.43. The molecule has 0 bridgehead atoms. The molecule has 5 nitrogen and oxygen atoms in total. The van der Waals surface area contributed by atoms with Gasteiger partial charge < -0.3 is 10.1 Å². The normalized spacial score (nSPS) is 18.9. The van der Waals surface area contributed by atoms with Gasteiger partial charge in [-0.2, -0.15) is 0 Å². The van der Waals surface area contributed by atoms with E-state index in [1.165, 1.54) is 7.11 Å². The number of fused-ring (bicyclic) bond motifs is 1. The van der Waals surface area contributed by atoms with Crippen molar-refractivity contribution in [3.05, 3.63) is 48.0 Å². The Balaban J connectivity index is 1.67. The van der Waals surface area contributed by atoms with Gasteiger partial charge in [0.15, 0.2) is 0 Å². The van der Waals surface area contributed by atoms with Crippen molar-refractivity contribution in [1.29, 1.82) is 0 Å². The van der Waals surface area contributed by atoms with E-state index in [2.05, 4.69) is 23.5 Å². The molecule has 2 atom stereocenters. The summed E-state index contributed by atoms with van der Waals surface area (Å²) in [6.07, 6.45) is 1.66. The molecular formula is C20H24N2O3. The van der Waals surface area contributed by atoms with Crippen LogP contribution in [0.15, 0.2) is 42.5 Å². The number of esters is 1. The van der Waals surface area contributed by atoms with Gasteiger partial charge in [0.1, 0.15) is 6.04 Å². The van der Waals surface area contributed by atoms with Crippen LogP contribution in [0.5, 0.6) is 0 Å². The molecule has 1 amide bonds. The van der Waals surface area contributed by atoms with Crippen molar-refractivity contribution in [3.63, 3.8) is 0 Å². The van der Waals surface area contributed by atoms with Gasteiger partial charge in [-0.25, -0.2) is 0 Å². The van der Waals surface area contributed by atoms with E-state index in [-0.39, 0.29) is 30.5 Å². The molecule has 25 heavy (non-hydrogen) atoms. The fraction of sp³-hybridized carbons (Fsp3) is 0.400. The van der Waals surface area contributed by atoms with E-state index in [9.17, 15) is 9.59 Å². The van der Waals surface area contributed by atoms with Gasteiger partial charge in [-0.05, 0) is 42.6 Å². The summed E-state index contributed by atoms with van der Waals surface area (Å²) in [5, 5.41) is 5.36. The highest BCUT2D eigenvalue weighted by Gasteiger charge is 2.32. The van der Waals surface area contributed by atoms with Crippen LogP contribution >= 0.6 is 0 Å². The first kappa shape index (κ1) is 17.4. The van der Waals surface area contributed by atoms with Crippen molar-refractivity contribution >= 4 is 22.6 Å². The van der Waals surface area contributed by atoms with E-state index in [0.717, 1.165) is 35.7 Å². The Bertz CT molecular complexity index is 769. The number of likely N-dealkylation sites (tertiary alicyclic amines) is 1. The van der Waals surface area contributed by atoms with Crippen molar-refractivity contribution in [3.8, 4) is 0 Å². The van der Waals surface area contributed by atoms with Crippen LogP contribution in [-0.2, 0) is 14.3 Å². The van der Waals surface area contributed by atoms with Crippen molar-refractivity contribution in [1.82, 2.24) is 10.2 Å². The summed E-state index contributed by atoms with van der Waals surface area (Å²) < 4.78 is 4.83. The number of nitrogens with one attached hydrogen (secondary N) is 1. The minimum absolute atomic E-state index is 0.0729. The Morgan fingerprint density at radius 3 is 2.80 bits per heavy atom. The number of ether oxygens (including phenoxy) is 1. The van der Waals surface area contributed by atoms with Gasteiger partial charge in [-0.1, -0.05) is 42.5 Å². The Morgan fingerprint density at radius 2 is 2.00 bits per heavy atom. The predicted octanol–water partition coefficient (Wildman–Crippen LogP) is 2.65. The molecule has 0 saturated carbocycles. The zero-order chi connectivity index (χ0) is 17.8. The molecule has 3 rings (SSSR count). The maximum absolute atomic E-state index is 12.5.